The van der Waals surface area contributed by atoms with Crippen LogP contribution in [0.3, 0.4) is 0 Å². The summed E-state index contributed by atoms with van der Waals surface area (Å²) in [7, 11) is 0. The highest BCUT2D eigenvalue weighted by Crippen LogP contribution is 2.26. The summed E-state index contributed by atoms with van der Waals surface area (Å²) in [4.78, 5) is 22.8. The highest BCUT2D eigenvalue weighted by Gasteiger charge is 2.15. The van der Waals surface area contributed by atoms with Crippen LogP contribution >= 0.6 is 11.3 Å². The monoisotopic (exact) mass is 327 g/mol. The zero-order valence-corrected chi connectivity index (χ0v) is 13.7. The molecule has 1 amide bonds. The van der Waals surface area contributed by atoms with Crippen LogP contribution in [-0.2, 0) is 6.42 Å². The molecule has 0 aliphatic heterocycles. The Morgan fingerprint density at radius 3 is 2.96 bits per heavy atom. The van der Waals surface area contributed by atoms with Gasteiger partial charge < -0.3 is 5.32 Å². The molecule has 118 valence electrons. The average Bonchev–Trinajstić information content (AvgIpc) is 3.16. The van der Waals surface area contributed by atoms with Gasteiger partial charge in [0, 0.05) is 35.9 Å². The van der Waals surface area contributed by atoms with Crippen molar-refractivity contribution in [3.63, 3.8) is 0 Å². The molecule has 3 heterocycles. The van der Waals surface area contributed by atoms with Crippen LogP contribution in [-0.4, -0.2) is 32.1 Å². The van der Waals surface area contributed by atoms with E-state index in [1.165, 1.54) is 4.88 Å². The van der Waals surface area contributed by atoms with E-state index in [1.807, 2.05) is 26.0 Å². The van der Waals surface area contributed by atoms with E-state index in [0.717, 1.165) is 16.3 Å². The topological polar surface area (TPSA) is 83.6 Å². The summed E-state index contributed by atoms with van der Waals surface area (Å²) < 4.78 is 0. The van der Waals surface area contributed by atoms with Gasteiger partial charge in [-0.15, -0.1) is 11.3 Å². The lowest BCUT2D eigenvalue weighted by Crippen LogP contribution is -2.34. The van der Waals surface area contributed by atoms with Crippen LogP contribution in [0.1, 0.15) is 28.0 Å². The number of carbonyl (C=O) groups is 1. The molecule has 0 aromatic carbocycles. The maximum Gasteiger partial charge on any atom is 0.272 e. The summed E-state index contributed by atoms with van der Waals surface area (Å²) in [5.74, 6) is -0.197. The van der Waals surface area contributed by atoms with Crippen molar-refractivity contribution in [3.05, 3.63) is 53.1 Å². The van der Waals surface area contributed by atoms with Crippen LogP contribution in [0.5, 0.6) is 0 Å². The fraction of sp³-hybridized carbons (Fsp3) is 0.250. The van der Waals surface area contributed by atoms with Crippen LogP contribution in [0, 0.1) is 6.92 Å². The fourth-order valence-corrected chi connectivity index (χ4v) is 3.07. The molecule has 7 heteroatoms. The standard InChI is InChI=1S/C16H17N5OS/c1-10(7-12-9-17-5-6-18-12)19-16(22)14-8-13(20-21-14)15-4-3-11(2)23-15/h3-6,8-10H,7H2,1-2H3,(H,19,22)(H,20,21). The van der Waals surface area contributed by atoms with Gasteiger partial charge in [0.25, 0.3) is 5.91 Å². The van der Waals surface area contributed by atoms with E-state index in [9.17, 15) is 4.79 Å². The van der Waals surface area contributed by atoms with E-state index in [1.54, 1.807) is 36.0 Å². The van der Waals surface area contributed by atoms with Gasteiger partial charge in [0.15, 0.2) is 5.69 Å². The summed E-state index contributed by atoms with van der Waals surface area (Å²) in [6, 6.07) is 5.79. The number of nitrogens with zero attached hydrogens (tertiary/aromatic N) is 3. The van der Waals surface area contributed by atoms with E-state index in [-0.39, 0.29) is 11.9 Å². The minimum Gasteiger partial charge on any atom is -0.348 e. The Kier molecular flexibility index (Phi) is 4.47. The maximum atomic E-state index is 12.3. The molecular weight excluding hydrogens is 310 g/mol. The number of aromatic amines is 1. The van der Waals surface area contributed by atoms with Gasteiger partial charge in [-0.25, -0.2) is 0 Å². The third-order valence-electron chi connectivity index (χ3n) is 3.33. The van der Waals surface area contributed by atoms with Crippen molar-refractivity contribution >= 4 is 17.2 Å². The predicted octanol–water partition coefficient (Wildman–Crippen LogP) is 2.60. The highest BCUT2D eigenvalue weighted by molar-refractivity contribution is 7.15. The molecule has 0 bridgehead atoms. The summed E-state index contributed by atoms with van der Waals surface area (Å²) in [6.07, 6.45) is 5.60. The number of amides is 1. The summed E-state index contributed by atoms with van der Waals surface area (Å²) in [5, 5.41) is 9.95. The number of rotatable bonds is 5. The minimum absolute atomic E-state index is 0.0525. The molecule has 2 N–H and O–H groups in total. The van der Waals surface area contributed by atoms with Crippen LogP contribution in [0.25, 0.3) is 10.6 Å². The van der Waals surface area contributed by atoms with Crippen LogP contribution in [0.4, 0.5) is 0 Å². The van der Waals surface area contributed by atoms with Gasteiger partial charge in [-0.2, -0.15) is 5.10 Å². The van der Waals surface area contributed by atoms with E-state index in [0.29, 0.717) is 12.1 Å². The van der Waals surface area contributed by atoms with Gasteiger partial charge in [0.05, 0.1) is 16.3 Å². The molecule has 23 heavy (non-hydrogen) atoms. The fourth-order valence-electron chi connectivity index (χ4n) is 2.24. The second-order valence-corrected chi connectivity index (χ2v) is 6.64. The van der Waals surface area contributed by atoms with Crippen molar-refractivity contribution < 1.29 is 4.79 Å². The second-order valence-electron chi connectivity index (χ2n) is 5.35. The number of aromatic nitrogens is 4. The number of H-pyrrole nitrogens is 1. The Bertz CT molecular complexity index is 796. The number of nitrogens with one attached hydrogen (secondary N) is 2. The SMILES string of the molecule is Cc1ccc(-c2cc(C(=O)NC(C)Cc3cnccn3)n[nH]2)s1. The van der Waals surface area contributed by atoms with Gasteiger partial charge in [0.2, 0.25) is 0 Å². The normalized spacial score (nSPS) is 12.1. The Morgan fingerprint density at radius 2 is 2.26 bits per heavy atom. The molecule has 3 aromatic rings. The van der Waals surface area contributed by atoms with Crippen molar-refractivity contribution in [2.45, 2.75) is 26.3 Å². The smallest absolute Gasteiger partial charge is 0.272 e. The van der Waals surface area contributed by atoms with Gasteiger partial charge in [0.1, 0.15) is 0 Å². The molecular formula is C16H17N5OS. The number of hydrogen-bond acceptors (Lipinski definition) is 5. The molecule has 0 saturated heterocycles. The molecule has 3 rings (SSSR count). The van der Waals surface area contributed by atoms with Crippen LogP contribution in [0.2, 0.25) is 0 Å². The predicted molar refractivity (Wildman–Crippen MR) is 89.3 cm³/mol. The number of hydrogen-bond donors (Lipinski definition) is 2. The molecule has 0 spiro atoms. The van der Waals surface area contributed by atoms with Crippen molar-refractivity contribution in [1.82, 2.24) is 25.5 Å². The molecule has 6 nitrogen and oxygen atoms in total. The van der Waals surface area contributed by atoms with Crippen molar-refractivity contribution in [1.29, 1.82) is 0 Å². The Balaban J connectivity index is 1.63. The first-order chi connectivity index (χ1) is 11.1. The van der Waals surface area contributed by atoms with E-state index in [2.05, 4.69) is 25.5 Å². The van der Waals surface area contributed by atoms with Crippen LogP contribution < -0.4 is 5.32 Å². The van der Waals surface area contributed by atoms with Gasteiger partial charge in [-0.3, -0.25) is 19.9 Å². The number of thiophene rings is 1. The first-order valence-corrected chi connectivity index (χ1v) is 8.11. The van der Waals surface area contributed by atoms with Gasteiger partial charge in [-0.1, -0.05) is 0 Å². The van der Waals surface area contributed by atoms with E-state index in [4.69, 9.17) is 0 Å². The average molecular weight is 327 g/mol. The summed E-state index contributed by atoms with van der Waals surface area (Å²) in [5.41, 5.74) is 2.09. The number of carbonyl (C=O) groups excluding carboxylic acids is 1. The third kappa shape index (κ3) is 3.81. The van der Waals surface area contributed by atoms with Gasteiger partial charge in [-0.05, 0) is 32.0 Å². The van der Waals surface area contributed by atoms with Crippen LogP contribution in [0.15, 0.2) is 36.8 Å². The van der Waals surface area contributed by atoms with E-state index < -0.39 is 0 Å². The lowest BCUT2D eigenvalue weighted by Gasteiger charge is -2.11. The molecule has 0 fully saturated rings. The largest absolute Gasteiger partial charge is 0.348 e. The first kappa shape index (κ1) is 15.4. The number of aryl methyl sites for hydroxylation is 1. The summed E-state index contributed by atoms with van der Waals surface area (Å²) in [6.45, 7) is 3.98. The zero-order chi connectivity index (χ0) is 16.2. The zero-order valence-electron chi connectivity index (χ0n) is 12.9. The molecule has 1 unspecified atom stereocenters. The second kappa shape index (κ2) is 6.70. The van der Waals surface area contributed by atoms with Crippen molar-refractivity contribution in [3.8, 4) is 10.6 Å². The Labute approximate surface area is 138 Å². The van der Waals surface area contributed by atoms with Gasteiger partial charge >= 0.3 is 0 Å². The third-order valence-corrected chi connectivity index (χ3v) is 4.36. The summed E-state index contributed by atoms with van der Waals surface area (Å²) >= 11 is 1.66. The maximum absolute atomic E-state index is 12.3. The molecule has 0 saturated carbocycles. The lowest BCUT2D eigenvalue weighted by atomic mass is 10.2. The Morgan fingerprint density at radius 1 is 1.39 bits per heavy atom. The highest BCUT2D eigenvalue weighted by atomic mass is 32.1. The van der Waals surface area contributed by atoms with Crippen molar-refractivity contribution in [2.75, 3.05) is 0 Å². The molecule has 1 atom stereocenters. The molecule has 0 aliphatic carbocycles. The quantitative estimate of drug-likeness (QED) is 0.754. The lowest BCUT2D eigenvalue weighted by molar-refractivity contribution is 0.0935. The minimum atomic E-state index is -0.197. The molecule has 0 radical (unpaired) electrons. The molecule has 3 aromatic heterocycles. The Hall–Kier alpha value is -2.54. The van der Waals surface area contributed by atoms with E-state index >= 15 is 0 Å². The van der Waals surface area contributed by atoms with Crippen molar-refractivity contribution in [2.24, 2.45) is 0 Å². The molecule has 0 aliphatic rings. The first-order valence-electron chi connectivity index (χ1n) is 7.30.